The number of carboxylic acids is 1. The summed E-state index contributed by atoms with van der Waals surface area (Å²) in [5, 5.41) is 11.4. The van der Waals surface area contributed by atoms with Crippen molar-refractivity contribution in [1.82, 2.24) is 9.97 Å². The smallest absolute Gasteiger partial charge is 0.345 e. The second-order valence-corrected chi connectivity index (χ2v) is 4.49. The lowest BCUT2D eigenvalue weighted by atomic mass is 10.3. The van der Waals surface area contributed by atoms with Crippen LogP contribution in [0.5, 0.6) is 0 Å². The van der Waals surface area contributed by atoms with Gasteiger partial charge in [0.2, 0.25) is 0 Å². The van der Waals surface area contributed by atoms with Crippen molar-refractivity contribution < 1.29 is 14.7 Å². The van der Waals surface area contributed by atoms with E-state index in [1.165, 1.54) is 12.1 Å². The molecule has 2 aromatic heterocycles. The fraction of sp³-hybridized carbons (Fsp3) is 0. The normalized spacial score (nSPS) is 10.1. The van der Waals surface area contributed by atoms with Crippen molar-refractivity contribution in [3.8, 4) is 0 Å². The molecule has 0 aliphatic carbocycles. The number of carbonyl (C=O) groups is 2. The number of carbonyl (C=O) groups excluding carboxylic acids is 1. The Kier molecular flexibility index (Phi) is 3.29. The zero-order valence-corrected chi connectivity index (χ0v) is 10.0. The molecule has 0 aliphatic rings. The quantitative estimate of drug-likeness (QED) is 0.632. The van der Waals surface area contributed by atoms with Crippen molar-refractivity contribution in [2.75, 3.05) is 5.32 Å². The van der Waals surface area contributed by atoms with E-state index in [1.807, 2.05) is 4.98 Å². The van der Waals surface area contributed by atoms with Gasteiger partial charge in [0, 0.05) is 6.20 Å². The van der Waals surface area contributed by atoms with Gasteiger partial charge in [-0.15, -0.1) is 11.3 Å². The first-order valence-corrected chi connectivity index (χ1v) is 5.75. The molecule has 9 heteroatoms. The van der Waals surface area contributed by atoms with Crippen molar-refractivity contribution in [2.45, 2.75) is 0 Å². The summed E-state index contributed by atoms with van der Waals surface area (Å²) in [5.74, 6) is -1.84. The summed E-state index contributed by atoms with van der Waals surface area (Å²) in [7, 11) is 0. The molecule has 98 valence electrons. The molecule has 8 nitrogen and oxygen atoms in total. The molecule has 0 radical (unpaired) electrons. The maximum Gasteiger partial charge on any atom is 0.345 e. The van der Waals surface area contributed by atoms with Crippen LogP contribution in [0.15, 0.2) is 27.9 Å². The highest BCUT2D eigenvalue weighted by Crippen LogP contribution is 2.21. The van der Waals surface area contributed by atoms with Crippen LogP contribution < -0.4 is 16.6 Å². The average Bonchev–Trinajstić information content (AvgIpc) is 2.77. The molecule has 2 heterocycles. The molecule has 4 N–H and O–H groups in total. The van der Waals surface area contributed by atoms with Crippen LogP contribution in [0.1, 0.15) is 20.0 Å². The number of nitrogens with one attached hydrogen (secondary N) is 3. The van der Waals surface area contributed by atoms with E-state index in [9.17, 15) is 19.2 Å². The van der Waals surface area contributed by atoms with Crippen LogP contribution in [0, 0.1) is 0 Å². The van der Waals surface area contributed by atoms with Gasteiger partial charge in [-0.3, -0.25) is 14.6 Å². The largest absolute Gasteiger partial charge is 0.477 e. The standard InChI is InChI=1S/C10H7N3O5S/c14-7(4-3-11-10(18)13-8(4)15)12-6-2-1-5(19-6)9(16)17/h1-3H,(H,12,14)(H,16,17)(H2,11,13,15,18). The van der Waals surface area contributed by atoms with Gasteiger partial charge in [-0.25, -0.2) is 9.59 Å². The third kappa shape index (κ3) is 2.77. The number of rotatable bonds is 3. The molecule has 0 aromatic carbocycles. The number of hydrogen-bond acceptors (Lipinski definition) is 5. The molecular formula is C10H7N3O5S. The highest BCUT2D eigenvalue weighted by molar-refractivity contribution is 7.18. The monoisotopic (exact) mass is 281 g/mol. The van der Waals surface area contributed by atoms with Crippen molar-refractivity contribution >= 4 is 28.2 Å². The van der Waals surface area contributed by atoms with Gasteiger partial charge < -0.3 is 15.4 Å². The molecule has 0 unspecified atom stereocenters. The first kappa shape index (κ1) is 12.8. The third-order valence-electron chi connectivity index (χ3n) is 2.12. The molecular weight excluding hydrogens is 274 g/mol. The van der Waals surface area contributed by atoms with E-state index in [4.69, 9.17) is 5.11 Å². The summed E-state index contributed by atoms with van der Waals surface area (Å²) < 4.78 is 0. The molecule has 0 saturated carbocycles. The number of aromatic amines is 2. The van der Waals surface area contributed by atoms with Gasteiger partial charge >= 0.3 is 11.7 Å². The number of anilines is 1. The van der Waals surface area contributed by atoms with Gasteiger partial charge in [-0.1, -0.05) is 0 Å². The van der Waals surface area contributed by atoms with Crippen molar-refractivity contribution in [3.05, 3.63) is 49.6 Å². The molecule has 0 fully saturated rings. The number of aromatic carboxylic acids is 1. The molecule has 0 bridgehead atoms. The highest BCUT2D eigenvalue weighted by atomic mass is 32.1. The molecule has 2 aromatic rings. The number of thiophene rings is 1. The Labute approximate surface area is 108 Å². The van der Waals surface area contributed by atoms with Crippen molar-refractivity contribution in [3.63, 3.8) is 0 Å². The van der Waals surface area contributed by atoms with Crippen LogP contribution in [0.4, 0.5) is 5.00 Å². The Hall–Kier alpha value is -2.68. The SMILES string of the molecule is O=C(O)c1ccc(NC(=O)c2c[nH]c(=O)[nH]c2=O)s1. The van der Waals surface area contributed by atoms with Crippen molar-refractivity contribution in [1.29, 1.82) is 0 Å². The maximum absolute atomic E-state index is 11.7. The number of amides is 1. The van der Waals surface area contributed by atoms with Crippen LogP contribution in [0.2, 0.25) is 0 Å². The zero-order valence-electron chi connectivity index (χ0n) is 9.22. The Balaban J connectivity index is 2.23. The topological polar surface area (TPSA) is 132 Å². The second kappa shape index (κ2) is 4.90. The molecule has 0 aliphatic heterocycles. The highest BCUT2D eigenvalue weighted by Gasteiger charge is 2.13. The average molecular weight is 281 g/mol. The predicted molar refractivity (Wildman–Crippen MR) is 66.9 cm³/mol. The Morgan fingerprint density at radius 1 is 1.26 bits per heavy atom. The van der Waals surface area contributed by atoms with Gasteiger partial charge in [0.05, 0.1) is 5.00 Å². The summed E-state index contributed by atoms with van der Waals surface area (Å²) in [6, 6.07) is 2.74. The van der Waals surface area contributed by atoms with E-state index in [0.717, 1.165) is 17.5 Å². The Bertz CT molecular complexity index is 757. The molecule has 19 heavy (non-hydrogen) atoms. The molecule has 0 saturated heterocycles. The van der Waals surface area contributed by atoms with Crippen LogP contribution >= 0.6 is 11.3 Å². The first-order valence-electron chi connectivity index (χ1n) is 4.94. The number of H-pyrrole nitrogens is 2. The first-order chi connectivity index (χ1) is 8.97. The minimum absolute atomic E-state index is 0.0608. The van der Waals surface area contributed by atoms with E-state index in [2.05, 4.69) is 10.3 Å². The second-order valence-electron chi connectivity index (χ2n) is 3.41. The van der Waals surface area contributed by atoms with Crippen LogP contribution in [0.3, 0.4) is 0 Å². The number of carboxylic acid groups (broad SMARTS) is 1. The number of hydrogen-bond donors (Lipinski definition) is 4. The molecule has 0 atom stereocenters. The fourth-order valence-electron chi connectivity index (χ4n) is 1.28. The van der Waals surface area contributed by atoms with Crippen molar-refractivity contribution in [2.24, 2.45) is 0 Å². The molecule has 1 amide bonds. The third-order valence-corrected chi connectivity index (χ3v) is 3.11. The summed E-state index contributed by atoms with van der Waals surface area (Å²) in [5.41, 5.74) is -1.81. The van der Waals surface area contributed by atoms with E-state index in [1.54, 1.807) is 0 Å². The fourth-order valence-corrected chi connectivity index (χ4v) is 2.02. The van der Waals surface area contributed by atoms with E-state index in [0.29, 0.717) is 0 Å². The van der Waals surface area contributed by atoms with Gasteiger partial charge in [0.1, 0.15) is 10.4 Å². The summed E-state index contributed by atoms with van der Waals surface area (Å²) in [6.07, 6.45) is 0.988. The maximum atomic E-state index is 11.7. The minimum atomic E-state index is -1.10. The molecule has 0 spiro atoms. The van der Waals surface area contributed by atoms with Gasteiger partial charge in [-0.2, -0.15) is 0 Å². The Morgan fingerprint density at radius 3 is 2.58 bits per heavy atom. The van der Waals surface area contributed by atoms with E-state index < -0.39 is 23.1 Å². The summed E-state index contributed by atoms with van der Waals surface area (Å²) in [4.78, 5) is 48.7. The Morgan fingerprint density at radius 2 is 2.00 bits per heavy atom. The van der Waals surface area contributed by atoms with Gasteiger partial charge in [-0.05, 0) is 12.1 Å². The van der Waals surface area contributed by atoms with E-state index >= 15 is 0 Å². The van der Waals surface area contributed by atoms with Gasteiger partial charge in [0.15, 0.2) is 0 Å². The lowest BCUT2D eigenvalue weighted by Gasteiger charge is -2.00. The summed E-state index contributed by atoms with van der Waals surface area (Å²) in [6.45, 7) is 0. The van der Waals surface area contributed by atoms with E-state index in [-0.39, 0.29) is 15.4 Å². The zero-order chi connectivity index (χ0) is 14.0. The predicted octanol–water partition coefficient (Wildman–Crippen LogP) is 0.0752. The minimum Gasteiger partial charge on any atom is -0.477 e. The summed E-state index contributed by atoms with van der Waals surface area (Å²) >= 11 is 0.857. The molecule has 2 rings (SSSR count). The lowest BCUT2D eigenvalue weighted by Crippen LogP contribution is -2.29. The van der Waals surface area contributed by atoms with Crippen LogP contribution in [-0.4, -0.2) is 27.0 Å². The lowest BCUT2D eigenvalue weighted by molar-refractivity contribution is 0.0702. The number of aromatic nitrogens is 2. The van der Waals surface area contributed by atoms with Crippen LogP contribution in [0.25, 0.3) is 0 Å². The van der Waals surface area contributed by atoms with Gasteiger partial charge in [0.25, 0.3) is 11.5 Å². The van der Waals surface area contributed by atoms with Crippen LogP contribution in [-0.2, 0) is 0 Å².